The van der Waals surface area contributed by atoms with Crippen molar-refractivity contribution >= 4 is 12.5 Å². The van der Waals surface area contributed by atoms with Gasteiger partial charge in [0, 0.05) is 13.1 Å². The number of amides is 2. The second-order valence-corrected chi connectivity index (χ2v) is 2.72. The molecule has 5 heteroatoms. The first-order valence-corrected chi connectivity index (χ1v) is 3.80. The number of rotatable bonds is 2. The molecule has 0 aromatic carbocycles. The first-order chi connectivity index (χ1) is 5.76. The minimum Gasteiger partial charge on any atom is -0.453 e. The van der Waals surface area contributed by atoms with E-state index in [1.807, 2.05) is 0 Å². The van der Waals surface area contributed by atoms with Gasteiger partial charge in [-0.25, -0.2) is 4.79 Å². The molecule has 0 spiro atoms. The average molecular weight is 172 g/mol. The number of carbonyl (C=O) groups is 2. The fourth-order valence-corrected chi connectivity index (χ4v) is 1.23. The maximum Gasteiger partial charge on any atom is 0.407 e. The molecule has 1 heterocycles. The van der Waals surface area contributed by atoms with Gasteiger partial charge in [-0.2, -0.15) is 0 Å². The third-order valence-corrected chi connectivity index (χ3v) is 1.88. The first-order valence-electron chi connectivity index (χ1n) is 3.80. The average Bonchev–Trinajstić information content (AvgIpc) is 2.52. The first kappa shape index (κ1) is 8.83. The van der Waals surface area contributed by atoms with Gasteiger partial charge in [-0.05, 0) is 6.42 Å². The number of ether oxygens (including phenoxy) is 1. The second kappa shape index (κ2) is 3.94. The number of methoxy groups -OCH3 is 1. The Hall–Kier alpha value is -1.26. The molecule has 1 aliphatic rings. The van der Waals surface area contributed by atoms with Crippen LogP contribution in [-0.2, 0) is 9.53 Å². The number of alkyl carbamates (subject to hydrolysis) is 1. The van der Waals surface area contributed by atoms with Crippen LogP contribution in [0.2, 0.25) is 0 Å². The van der Waals surface area contributed by atoms with Crippen molar-refractivity contribution < 1.29 is 14.3 Å². The molecule has 2 amide bonds. The molecule has 1 aliphatic heterocycles. The number of likely N-dealkylation sites (tertiary alicyclic amines) is 1. The van der Waals surface area contributed by atoms with Crippen LogP contribution < -0.4 is 5.32 Å². The molecular weight excluding hydrogens is 160 g/mol. The van der Waals surface area contributed by atoms with Gasteiger partial charge in [0.1, 0.15) is 0 Å². The number of hydrogen-bond acceptors (Lipinski definition) is 3. The van der Waals surface area contributed by atoms with Crippen molar-refractivity contribution in [2.75, 3.05) is 20.2 Å². The van der Waals surface area contributed by atoms with Crippen molar-refractivity contribution in [2.45, 2.75) is 12.5 Å². The highest BCUT2D eigenvalue weighted by Gasteiger charge is 2.22. The van der Waals surface area contributed by atoms with Crippen LogP contribution in [0.15, 0.2) is 0 Å². The van der Waals surface area contributed by atoms with E-state index in [0.717, 1.165) is 12.8 Å². The smallest absolute Gasteiger partial charge is 0.407 e. The summed E-state index contributed by atoms with van der Waals surface area (Å²) in [4.78, 5) is 22.6. The topological polar surface area (TPSA) is 58.6 Å². The van der Waals surface area contributed by atoms with E-state index in [0.29, 0.717) is 13.1 Å². The van der Waals surface area contributed by atoms with Crippen molar-refractivity contribution in [3.63, 3.8) is 0 Å². The Morgan fingerprint density at radius 3 is 3.00 bits per heavy atom. The molecule has 1 fully saturated rings. The van der Waals surface area contributed by atoms with Gasteiger partial charge >= 0.3 is 6.09 Å². The molecule has 0 saturated carbocycles. The minimum atomic E-state index is -0.437. The largest absolute Gasteiger partial charge is 0.453 e. The van der Waals surface area contributed by atoms with Crippen LogP contribution in [0.5, 0.6) is 0 Å². The Balaban J connectivity index is 2.27. The van der Waals surface area contributed by atoms with E-state index in [-0.39, 0.29) is 6.04 Å². The quantitative estimate of drug-likeness (QED) is 0.575. The molecule has 0 aromatic rings. The zero-order valence-corrected chi connectivity index (χ0v) is 6.95. The third-order valence-electron chi connectivity index (χ3n) is 1.88. The molecule has 12 heavy (non-hydrogen) atoms. The van der Waals surface area contributed by atoms with E-state index in [2.05, 4.69) is 10.1 Å². The minimum absolute atomic E-state index is 0.0441. The highest BCUT2D eigenvalue weighted by molar-refractivity contribution is 5.67. The van der Waals surface area contributed by atoms with Crippen LogP contribution in [0.3, 0.4) is 0 Å². The normalized spacial score (nSPS) is 22.1. The number of nitrogens with one attached hydrogen (secondary N) is 1. The lowest BCUT2D eigenvalue weighted by Gasteiger charge is -2.11. The maximum atomic E-state index is 10.7. The van der Waals surface area contributed by atoms with Crippen LogP contribution in [0.1, 0.15) is 6.42 Å². The summed E-state index contributed by atoms with van der Waals surface area (Å²) in [6.07, 6.45) is 1.15. The monoisotopic (exact) mass is 172 g/mol. The van der Waals surface area contributed by atoms with E-state index in [9.17, 15) is 9.59 Å². The highest BCUT2D eigenvalue weighted by Crippen LogP contribution is 2.06. The van der Waals surface area contributed by atoms with E-state index in [4.69, 9.17) is 0 Å². The summed E-state index contributed by atoms with van der Waals surface area (Å²) in [7, 11) is 1.32. The second-order valence-electron chi connectivity index (χ2n) is 2.72. The molecule has 0 aromatic heterocycles. The van der Waals surface area contributed by atoms with Crippen molar-refractivity contribution in [3.8, 4) is 0 Å². The molecule has 5 nitrogen and oxygen atoms in total. The number of nitrogens with zero attached hydrogens (tertiary/aromatic N) is 1. The summed E-state index contributed by atoms with van der Waals surface area (Å²) in [6, 6.07) is 0.0441. The van der Waals surface area contributed by atoms with Crippen molar-refractivity contribution in [3.05, 3.63) is 0 Å². The zero-order valence-electron chi connectivity index (χ0n) is 6.95. The zero-order chi connectivity index (χ0) is 8.97. The van der Waals surface area contributed by atoms with Gasteiger partial charge in [-0.1, -0.05) is 0 Å². The Morgan fingerprint density at radius 2 is 2.50 bits per heavy atom. The van der Waals surface area contributed by atoms with Crippen LogP contribution in [0.4, 0.5) is 4.79 Å². The molecule has 0 bridgehead atoms. The summed E-state index contributed by atoms with van der Waals surface area (Å²) < 4.78 is 4.42. The fraction of sp³-hybridized carbons (Fsp3) is 0.714. The summed E-state index contributed by atoms with van der Waals surface area (Å²) >= 11 is 0. The Morgan fingerprint density at radius 1 is 1.75 bits per heavy atom. The fourth-order valence-electron chi connectivity index (χ4n) is 1.23. The summed E-state index contributed by atoms with van der Waals surface area (Å²) in [5, 5.41) is 2.63. The highest BCUT2D eigenvalue weighted by atomic mass is 16.5. The molecule has 1 atom stereocenters. The van der Waals surface area contributed by atoms with Gasteiger partial charge in [0.2, 0.25) is 6.41 Å². The Bertz CT molecular complexity index is 183. The number of carbonyl (C=O) groups excluding carboxylic acids is 2. The molecular formula is C7H12N2O3. The van der Waals surface area contributed by atoms with Gasteiger partial charge < -0.3 is 15.0 Å². The molecule has 68 valence electrons. The molecule has 1 N–H and O–H groups in total. The summed E-state index contributed by atoms with van der Waals surface area (Å²) in [5.74, 6) is 0. The van der Waals surface area contributed by atoms with E-state index in [1.54, 1.807) is 4.90 Å². The summed E-state index contributed by atoms with van der Waals surface area (Å²) in [6.45, 7) is 1.29. The molecule has 0 unspecified atom stereocenters. The van der Waals surface area contributed by atoms with E-state index >= 15 is 0 Å². The van der Waals surface area contributed by atoms with Gasteiger partial charge in [-0.15, -0.1) is 0 Å². The van der Waals surface area contributed by atoms with Gasteiger partial charge in [0.05, 0.1) is 13.2 Å². The van der Waals surface area contributed by atoms with E-state index < -0.39 is 6.09 Å². The van der Waals surface area contributed by atoms with Crippen molar-refractivity contribution in [1.82, 2.24) is 10.2 Å². The SMILES string of the molecule is COC(=O)N[C@H]1CCN(C=O)C1. The Labute approximate surface area is 70.7 Å². The van der Waals surface area contributed by atoms with Gasteiger partial charge in [0.25, 0.3) is 0 Å². The Kier molecular flexibility index (Phi) is 2.90. The van der Waals surface area contributed by atoms with Crippen molar-refractivity contribution in [2.24, 2.45) is 0 Å². The standard InChI is InChI=1S/C7H12N2O3/c1-12-7(11)8-6-2-3-9(4-6)5-10/h5-6H,2-4H2,1H3,(H,8,11)/t6-/m0/s1. The van der Waals surface area contributed by atoms with E-state index in [1.165, 1.54) is 7.11 Å². The van der Waals surface area contributed by atoms with Crippen LogP contribution in [0, 0.1) is 0 Å². The van der Waals surface area contributed by atoms with Crippen LogP contribution in [0.25, 0.3) is 0 Å². The lowest BCUT2D eigenvalue weighted by atomic mass is 10.3. The van der Waals surface area contributed by atoms with Crippen LogP contribution in [-0.4, -0.2) is 43.6 Å². The predicted octanol–water partition coefficient (Wildman–Crippen LogP) is -0.427. The lowest BCUT2D eigenvalue weighted by Crippen LogP contribution is -2.36. The molecule has 1 saturated heterocycles. The third kappa shape index (κ3) is 2.11. The lowest BCUT2D eigenvalue weighted by molar-refractivity contribution is -0.117. The van der Waals surface area contributed by atoms with Crippen molar-refractivity contribution in [1.29, 1.82) is 0 Å². The predicted molar refractivity (Wildman–Crippen MR) is 41.6 cm³/mol. The summed E-state index contributed by atoms with van der Waals surface area (Å²) in [5.41, 5.74) is 0. The number of hydrogen-bond donors (Lipinski definition) is 1. The maximum absolute atomic E-state index is 10.7. The van der Waals surface area contributed by atoms with Gasteiger partial charge in [0.15, 0.2) is 0 Å². The van der Waals surface area contributed by atoms with Gasteiger partial charge in [-0.3, -0.25) is 4.79 Å². The van der Waals surface area contributed by atoms with Crippen LogP contribution >= 0.6 is 0 Å². The molecule has 0 aliphatic carbocycles. The molecule has 0 radical (unpaired) electrons. The molecule has 1 rings (SSSR count).